The van der Waals surface area contributed by atoms with Crippen LogP contribution in [0.1, 0.15) is 43.0 Å². The first-order valence-corrected chi connectivity index (χ1v) is 24.2. The topological polar surface area (TPSA) is 53.5 Å². The molecule has 11 aromatic rings. The van der Waals surface area contributed by atoms with Crippen molar-refractivity contribution in [1.82, 2.24) is 4.57 Å². The lowest BCUT2D eigenvalue weighted by Crippen LogP contribution is -2.10. The largest absolute Gasteiger partial charge is 0.308 e. The van der Waals surface area contributed by atoms with E-state index >= 15 is 0 Å². The van der Waals surface area contributed by atoms with Crippen molar-refractivity contribution in [1.29, 1.82) is 5.41 Å². The molecule has 0 fully saturated rings. The summed E-state index contributed by atoms with van der Waals surface area (Å²) in [6.45, 7) is 6.75. The quantitative estimate of drug-likeness (QED) is 0.111. The van der Waals surface area contributed by atoms with Crippen LogP contribution in [-0.4, -0.2) is 22.5 Å². The monoisotopic (exact) mass is 912 g/mol. The molecule has 1 heterocycles. The van der Waals surface area contributed by atoms with Gasteiger partial charge in [0.25, 0.3) is 0 Å². The molecule has 0 bridgehead atoms. The Morgan fingerprint density at radius 3 is 1.28 bits per heavy atom. The van der Waals surface area contributed by atoms with Gasteiger partial charge in [-0.15, -0.1) is 0 Å². The Labute approximate surface area is 416 Å². The van der Waals surface area contributed by atoms with Crippen molar-refractivity contribution in [2.24, 2.45) is 9.98 Å². The SMILES string of the molecule is CC(C)(C)c1ccc(-c2cc(C(=N)N=C(N=Cc3ccc(-c4ccccc4)cc3)c3ccccc3)cc(-c3ccccc3)c2-n2c3ccc(-c4ccccc4)cc3c3cc(-c4ccccc4)ccc32)cc1. The van der Waals surface area contributed by atoms with Crippen molar-refractivity contribution in [3.8, 4) is 61.3 Å². The number of rotatable bonds is 9. The van der Waals surface area contributed by atoms with Crippen LogP contribution >= 0.6 is 0 Å². The molecular weight excluding hydrogens is 861 g/mol. The molecule has 4 heteroatoms. The average Bonchev–Trinajstić information content (AvgIpc) is 3.75. The van der Waals surface area contributed by atoms with Crippen molar-refractivity contribution in [2.45, 2.75) is 26.2 Å². The van der Waals surface area contributed by atoms with E-state index in [1.807, 2.05) is 42.6 Å². The van der Waals surface area contributed by atoms with E-state index in [4.69, 9.17) is 9.98 Å². The Hall–Kier alpha value is -8.99. The first kappa shape index (κ1) is 44.5. The number of hydrogen-bond donors (Lipinski definition) is 1. The summed E-state index contributed by atoms with van der Waals surface area (Å²) in [5, 5.41) is 12.2. The van der Waals surface area contributed by atoms with Crippen LogP contribution in [0.15, 0.2) is 259 Å². The molecule has 1 N–H and O–H groups in total. The van der Waals surface area contributed by atoms with E-state index in [0.717, 1.165) is 83.1 Å². The van der Waals surface area contributed by atoms with Gasteiger partial charge >= 0.3 is 0 Å². The highest BCUT2D eigenvalue weighted by atomic mass is 15.0. The molecule has 1 aromatic heterocycles. The number of hydrogen-bond acceptors (Lipinski definition) is 1. The summed E-state index contributed by atoms with van der Waals surface area (Å²) in [7, 11) is 0. The van der Waals surface area contributed by atoms with Gasteiger partial charge in [0, 0.05) is 39.2 Å². The predicted octanol–water partition coefficient (Wildman–Crippen LogP) is 17.3. The summed E-state index contributed by atoms with van der Waals surface area (Å²) in [6, 6.07) is 87.5. The standard InChI is InChI=1S/C67H52N4/c1-67(2,3)57-37-33-52(34-38-57)59-44-56(65(68)70-66(53-27-17-8-18-28-53)69-45-46-29-31-50(32-30-46)47-19-9-4-10-20-47)43-58(51-25-15-7-16-26-51)64(59)71-62-39-35-54(48-21-11-5-12-22-48)41-60(62)61-42-55(36-40-63(61)71)49-23-13-6-14-24-49/h4-45,68H,1-3H3. The second-order valence-corrected chi connectivity index (χ2v) is 19.0. The minimum atomic E-state index is -0.0344. The summed E-state index contributed by atoms with van der Waals surface area (Å²) in [5.74, 6) is 0.564. The fourth-order valence-corrected chi connectivity index (χ4v) is 9.56. The van der Waals surface area contributed by atoms with Crippen LogP contribution in [-0.2, 0) is 5.41 Å². The zero-order valence-electron chi connectivity index (χ0n) is 40.1. The van der Waals surface area contributed by atoms with Crippen molar-refractivity contribution >= 4 is 39.7 Å². The molecule has 10 aromatic carbocycles. The van der Waals surface area contributed by atoms with Gasteiger partial charge in [-0.1, -0.05) is 233 Å². The molecule has 0 unspecified atom stereocenters. The van der Waals surface area contributed by atoms with Gasteiger partial charge in [-0.2, -0.15) is 0 Å². The highest BCUT2D eigenvalue weighted by molar-refractivity contribution is 6.16. The van der Waals surface area contributed by atoms with Gasteiger partial charge in [-0.05, 0) is 97.4 Å². The summed E-state index contributed by atoms with van der Waals surface area (Å²) in [6.07, 6.45) is 1.84. The van der Waals surface area contributed by atoms with Crippen LogP contribution < -0.4 is 0 Å². The van der Waals surface area contributed by atoms with E-state index in [1.165, 1.54) is 16.7 Å². The van der Waals surface area contributed by atoms with Gasteiger partial charge in [0.15, 0.2) is 11.7 Å². The maximum Gasteiger partial charge on any atom is 0.161 e. The Kier molecular flexibility index (Phi) is 12.0. The third-order valence-corrected chi connectivity index (χ3v) is 13.3. The highest BCUT2D eigenvalue weighted by Gasteiger charge is 2.24. The van der Waals surface area contributed by atoms with Gasteiger partial charge in [0.1, 0.15) is 0 Å². The van der Waals surface area contributed by atoms with Gasteiger partial charge in [0.05, 0.1) is 16.7 Å². The highest BCUT2D eigenvalue weighted by Crippen LogP contribution is 2.44. The van der Waals surface area contributed by atoms with E-state index in [1.54, 1.807) is 0 Å². The van der Waals surface area contributed by atoms with Crippen LogP contribution in [0.5, 0.6) is 0 Å². The first-order valence-electron chi connectivity index (χ1n) is 24.2. The molecule has 0 saturated carbocycles. The zero-order chi connectivity index (χ0) is 48.3. The molecule has 0 atom stereocenters. The van der Waals surface area contributed by atoms with E-state index < -0.39 is 0 Å². The zero-order valence-corrected chi connectivity index (χ0v) is 40.1. The minimum absolute atomic E-state index is 0.0344. The van der Waals surface area contributed by atoms with E-state index in [-0.39, 0.29) is 11.3 Å². The van der Waals surface area contributed by atoms with Gasteiger partial charge in [0.2, 0.25) is 0 Å². The van der Waals surface area contributed by atoms with E-state index in [0.29, 0.717) is 11.4 Å². The molecule has 0 spiro atoms. The fraction of sp³-hybridized carbons (Fsp3) is 0.0597. The van der Waals surface area contributed by atoms with Crippen molar-refractivity contribution < 1.29 is 0 Å². The number of nitrogens with zero attached hydrogens (tertiary/aromatic N) is 3. The predicted molar refractivity (Wildman–Crippen MR) is 301 cm³/mol. The van der Waals surface area contributed by atoms with Gasteiger partial charge < -0.3 is 4.57 Å². The maximum atomic E-state index is 9.90. The number of fused-ring (bicyclic) bond motifs is 3. The third kappa shape index (κ3) is 9.19. The second-order valence-electron chi connectivity index (χ2n) is 19.0. The number of amidine groups is 2. The fourth-order valence-electron chi connectivity index (χ4n) is 9.56. The van der Waals surface area contributed by atoms with Crippen LogP contribution in [0.2, 0.25) is 0 Å². The van der Waals surface area contributed by atoms with Crippen LogP contribution in [0.25, 0.3) is 83.1 Å². The Morgan fingerprint density at radius 1 is 0.408 bits per heavy atom. The minimum Gasteiger partial charge on any atom is -0.308 e. The van der Waals surface area contributed by atoms with Crippen LogP contribution in [0.3, 0.4) is 0 Å². The van der Waals surface area contributed by atoms with Crippen LogP contribution in [0.4, 0.5) is 0 Å². The summed E-state index contributed by atoms with van der Waals surface area (Å²) in [5.41, 5.74) is 17.9. The van der Waals surface area contributed by atoms with E-state index in [2.05, 4.69) is 238 Å². The average molecular weight is 913 g/mol. The van der Waals surface area contributed by atoms with Crippen molar-refractivity contribution in [3.63, 3.8) is 0 Å². The third-order valence-electron chi connectivity index (χ3n) is 13.3. The lowest BCUT2D eigenvalue weighted by Gasteiger charge is -2.22. The molecule has 0 aliphatic rings. The number of nitrogens with one attached hydrogen (secondary N) is 1. The molecule has 0 amide bonds. The van der Waals surface area contributed by atoms with Gasteiger partial charge in [-0.3, -0.25) is 5.41 Å². The van der Waals surface area contributed by atoms with Crippen LogP contribution in [0, 0.1) is 5.41 Å². The normalized spacial score (nSPS) is 12.0. The van der Waals surface area contributed by atoms with Crippen molar-refractivity contribution in [2.75, 3.05) is 0 Å². The number of aromatic nitrogens is 1. The Morgan fingerprint density at radius 2 is 0.803 bits per heavy atom. The Balaban J connectivity index is 1.14. The van der Waals surface area contributed by atoms with Crippen molar-refractivity contribution in [3.05, 3.63) is 271 Å². The Bertz CT molecular complexity index is 3640. The molecule has 340 valence electrons. The lowest BCUT2D eigenvalue weighted by molar-refractivity contribution is 0.590. The summed E-state index contributed by atoms with van der Waals surface area (Å²) in [4.78, 5) is 10.1. The van der Waals surface area contributed by atoms with E-state index in [9.17, 15) is 5.41 Å². The molecule has 4 nitrogen and oxygen atoms in total. The first-order chi connectivity index (χ1) is 34.7. The summed E-state index contributed by atoms with van der Waals surface area (Å²) >= 11 is 0. The number of benzene rings is 10. The molecule has 0 saturated heterocycles. The molecule has 0 radical (unpaired) electrons. The summed E-state index contributed by atoms with van der Waals surface area (Å²) < 4.78 is 2.45. The number of aliphatic imine (C=N–C) groups is 2. The molecule has 71 heavy (non-hydrogen) atoms. The maximum absolute atomic E-state index is 9.90. The second kappa shape index (κ2) is 19.2. The molecular formula is C67H52N4. The molecule has 0 aliphatic heterocycles. The molecule has 11 rings (SSSR count). The van der Waals surface area contributed by atoms with Gasteiger partial charge in [-0.25, -0.2) is 9.98 Å². The lowest BCUT2D eigenvalue weighted by atomic mass is 9.85. The smallest absolute Gasteiger partial charge is 0.161 e. The molecule has 0 aliphatic carbocycles.